The number of rotatable bonds is 10. The highest BCUT2D eigenvalue weighted by molar-refractivity contribution is 9.10. The van der Waals surface area contributed by atoms with Crippen LogP contribution in [0.2, 0.25) is 0 Å². The van der Waals surface area contributed by atoms with Gasteiger partial charge in [-0.05, 0) is 30.7 Å². The molecule has 0 atom stereocenters. The van der Waals surface area contributed by atoms with E-state index >= 15 is 0 Å². The van der Waals surface area contributed by atoms with Crippen molar-refractivity contribution in [1.82, 2.24) is 0 Å². The van der Waals surface area contributed by atoms with E-state index < -0.39 is 0 Å². The molecule has 4 heteroatoms. The summed E-state index contributed by atoms with van der Waals surface area (Å²) >= 11 is 3.55. The average molecular weight is 379 g/mol. The van der Waals surface area contributed by atoms with Gasteiger partial charge in [-0.1, -0.05) is 46.3 Å². The van der Waals surface area contributed by atoms with Crippen molar-refractivity contribution in [1.29, 1.82) is 0 Å². The van der Waals surface area contributed by atoms with Crippen molar-refractivity contribution in [3.63, 3.8) is 0 Å². The van der Waals surface area contributed by atoms with Crippen LogP contribution in [0.4, 0.5) is 0 Å². The van der Waals surface area contributed by atoms with E-state index in [9.17, 15) is 0 Å². The van der Waals surface area contributed by atoms with Gasteiger partial charge in [0.15, 0.2) is 0 Å². The Bertz CT molecular complexity index is 575. The van der Waals surface area contributed by atoms with Crippen molar-refractivity contribution in [2.45, 2.75) is 26.5 Å². The zero-order valence-electron chi connectivity index (χ0n) is 13.6. The van der Waals surface area contributed by atoms with Crippen LogP contribution in [-0.2, 0) is 17.9 Å². The molecule has 0 amide bonds. The van der Waals surface area contributed by atoms with Crippen LogP contribution in [0.25, 0.3) is 0 Å². The zero-order valence-corrected chi connectivity index (χ0v) is 15.2. The summed E-state index contributed by atoms with van der Waals surface area (Å²) in [6, 6.07) is 16.5. The maximum absolute atomic E-state index is 6.01. The summed E-state index contributed by atoms with van der Waals surface area (Å²) in [6.07, 6.45) is 1.07. The number of halogens is 1. The summed E-state index contributed by atoms with van der Waals surface area (Å²) in [5, 5.41) is 2.30. The highest BCUT2D eigenvalue weighted by Crippen LogP contribution is 2.23. The van der Waals surface area contributed by atoms with Crippen molar-refractivity contribution < 1.29 is 14.8 Å². The molecular weight excluding hydrogens is 354 g/mol. The molecule has 0 heterocycles. The van der Waals surface area contributed by atoms with Crippen LogP contribution in [-0.4, -0.2) is 19.8 Å². The molecule has 2 N–H and O–H groups in total. The van der Waals surface area contributed by atoms with Gasteiger partial charge >= 0.3 is 0 Å². The van der Waals surface area contributed by atoms with Gasteiger partial charge in [0.2, 0.25) is 0 Å². The molecule has 0 aromatic heterocycles. The molecule has 0 spiro atoms. The summed E-state index contributed by atoms with van der Waals surface area (Å²) in [6.45, 7) is 6.23. The molecule has 2 aromatic carbocycles. The van der Waals surface area contributed by atoms with E-state index in [1.807, 2.05) is 37.3 Å². The maximum Gasteiger partial charge on any atom is 0.128 e. The number of quaternary nitrogens is 1. The predicted molar refractivity (Wildman–Crippen MR) is 96.5 cm³/mol. The molecule has 0 aliphatic carbocycles. The van der Waals surface area contributed by atoms with Gasteiger partial charge in [-0.15, -0.1) is 0 Å². The first-order valence-electron chi connectivity index (χ1n) is 8.14. The quantitative estimate of drug-likeness (QED) is 0.641. The van der Waals surface area contributed by atoms with Crippen LogP contribution >= 0.6 is 15.9 Å². The third kappa shape index (κ3) is 6.73. The fourth-order valence-corrected chi connectivity index (χ4v) is 2.72. The minimum atomic E-state index is 0.597. The van der Waals surface area contributed by atoms with Crippen LogP contribution in [0.15, 0.2) is 53.0 Å². The van der Waals surface area contributed by atoms with Gasteiger partial charge in [0.1, 0.15) is 18.9 Å². The lowest BCUT2D eigenvalue weighted by Gasteiger charge is -2.12. The second-order valence-corrected chi connectivity index (χ2v) is 6.27. The molecule has 124 valence electrons. The minimum absolute atomic E-state index is 0.597. The SMILES string of the molecule is CCOCCC[NH2+]Cc1cc(Br)ccc1OCc1ccccc1. The van der Waals surface area contributed by atoms with Gasteiger partial charge < -0.3 is 14.8 Å². The van der Waals surface area contributed by atoms with Crippen molar-refractivity contribution in [2.75, 3.05) is 19.8 Å². The summed E-state index contributed by atoms with van der Waals surface area (Å²) in [5.41, 5.74) is 2.40. The molecule has 0 aliphatic rings. The first-order chi connectivity index (χ1) is 11.3. The number of benzene rings is 2. The van der Waals surface area contributed by atoms with Crippen LogP contribution in [0.1, 0.15) is 24.5 Å². The van der Waals surface area contributed by atoms with E-state index in [0.29, 0.717) is 6.61 Å². The zero-order chi connectivity index (χ0) is 16.3. The molecule has 0 radical (unpaired) electrons. The number of ether oxygens (including phenoxy) is 2. The predicted octanol–water partition coefficient (Wildman–Crippen LogP) is 3.52. The van der Waals surface area contributed by atoms with Gasteiger partial charge in [0.05, 0.1) is 13.2 Å². The van der Waals surface area contributed by atoms with E-state index in [1.54, 1.807) is 0 Å². The lowest BCUT2D eigenvalue weighted by molar-refractivity contribution is -0.671. The fraction of sp³-hybridized carbons (Fsp3) is 0.368. The lowest BCUT2D eigenvalue weighted by atomic mass is 10.2. The molecular formula is C19H25BrNO2+. The van der Waals surface area contributed by atoms with Crippen molar-refractivity contribution in [2.24, 2.45) is 0 Å². The molecule has 0 fully saturated rings. The monoisotopic (exact) mass is 378 g/mol. The van der Waals surface area contributed by atoms with Gasteiger partial charge in [-0.25, -0.2) is 0 Å². The van der Waals surface area contributed by atoms with Gasteiger partial charge in [-0.3, -0.25) is 0 Å². The Hall–Kier alpha value is -1.36. The number of hydrogen-bond acceptors (Lipinski definition) is 2. The Labute approximate surface area is 147 Å². The Morgan fingerprint density at radius 3 is 2.70 bits per heavy atom. The number of hydrogen-bond donors (Lipinski definition) is 1. The lowest BCUT2D eigenvalue weighted by Crippen LogP contribution is -2.82. The third-order valence-corrected chi connectivity index (χ3v) is 4.02. The molecule has 2 aromatic rings. The molecule has 0 saturated carbocycles. The second kappa shape index (κ2) is 10.4. The highest BCUT2D eigenvalue weighted by Gasteiger charge is 2.07. The summed E-state index contributed by atoms with van der Waals surface area (Å²) in [7, 11) is 0. The second-order valence-electron chi connectivity index (χ2n) is 5.36. The summed E-state index contributed by atoms with van der Waals surface area (Å²) in [5.74, 6) is 0.957. The normalized spacial score (nSPS) is 10.7. The van der Waals surface area contributed by atoms with Crippen LogP contribution in [0, 0.1) is 0 Å². The average Bonchev–Trinajstić information content (AvgIpc) is 2.58. The standard InChI is InChI=1S/C19H24BrNO2/c1-2-22-12-6-11-21-14-17-13-18(20)9-10-19(17)23-15-16-7-4-3-5-8-16/h3-5,7-10,13,21H,2,6,11-12,14-15H2,1H3/p+1. The Morgan fingerprint density at radius 1 is 1.09 bits per heavy atom. The van der Waals surface area contributed by atoms with Crippen molar-refractivity contribution in [3.05, 3.63) is 64.1 Å². The minimum Gasteiger partial charge on any atom is -0.488 e. The van der Waals surface area contributed by atoms with Gasteiger partial charge in [-0.2, -0.15) is 0 Å². The smallest absolute Gasteiger partial charge is 0.128 e. The maximum atomic E-state index is 6.01. The van der Waals surface area contributed by atoms with E-state index in [2.05, 4.69) is 39.4 Å². The molecule has 0 bridgehead atoms. The summed E-state index contributed by atoms with van der Waals surface area (Å²) in [4.78, 5) is 0. The van der Waals surface area contributed by atoms with Crippen molar-refractivity contribution >= 4 is 15.9 Å². The van der Waals surface area contributed by atoms with E-state index in [0.717, 1.165) is 42.9 Å². The first kappa shape index (κ1) is 18.0. The molecule has 0 unspecified atom stereocenters. The fourth-order valence-electron chi connectivity index (χ4n) is 2.32. The van der Waals surface area contributed by atoms with Crippen molar-refractivity contribution in [3.8, 4) is 5.75 Å². The Morgan fingerprint density at radius 2 is 1.91 bits per heavy atom. The molecule has 23 heavy (non-hydrogen) atoms. The largest absolute Gasteiger partial charge is 0.488 e. The highest BCUT2D eigenvalue weighted by atomic mass is 79.9. The van der Waals surface area contributed by atoms with Crippen LogP contribution in [0.5, 0.6) is 5.75 Å². The third-order valence-electron chi connectivity index (χ3n) is 3.52. The van der Waals surface area contributed by atoms with Crippen LogP contribution < -0.4 is 10.1 Å². The van der Waals surface area contributed by atoms with Crippen LogP contribution in [0.3, 0.4) is 0 Å². The molecule has 0 saturated heterocycles. The Balaban J connectivity index is 1.86. The molecule has 2 rings (SSSR count). The topological polar surface area (TPSA) is 35.1 Å². The Kier molecular flexibility index (Phi) is 8.15. The van der Waals surface area contributed by atoms with Gasteiger partial charge in [0, 0.05) is 23.1 Å². The number of nitrogens with two attached hydrogens (primary N) is 1. The first-order valence-corrected chi connectivity index (χ1v) is 8.93. The summed E-state index contributed by atoms with van der Waals surface area (Å²) < 4.78 is 12.5. The molecule has 0 aliphatic heterocycles. The van der Waals surface area contributed by atoms with E-state index in [4.69, 9.17) is 9.47 Å². The van der Waals surface area contributed by atoms with E-state index in [-0.39, 0.29) is 0 Å². The van der Waals surface area contributed by atoms with E-state index in [1.165, 1.54) is 11.1 Å². The molecule has 3 nitrogen and oxygen atoms in total. The van der Waals surface area contributed by atoms with Gasteiger partial charge in [0.25, 0.3) is 0 Å².